The molecule has 2 heterocycles. The molecule has 3 rings (SSSR count). The second-order valence-corrected chi connectivity index (χ2v) is 7.03. The van der Waals surface area contributed by atoms with Crippen LogP contribution in [0.25, 0.3) is 11.6 Å². The van der Waals surface area contributed by atoms with E-state index in [1.807, 2.05) is 47.9 Å². The molecule has 1 amide bonds. The van der Waals surface area contributed by atoms with Crippen LogP contribution >= 0.6 is 11.8 Å². The first kappa shape index (κ1) is 20.0. The maximum Gasteiger partial charge on any atom is 0.234 e. The summed E-state index contributed by atoms with van der Waals surface area (Å²) in [6, 6.07) is 11.0. The highest BCUT2D eigenvalue weighted by Gasteiger charge is 2.17. The number of aromatic nitrogens is 3. The number of furan rings is 1. The molecule has 0 fully saturated rings. The van der Waals surface area contributed by atoms with E-state index in [-0.39, 0.29) is 11.7 Å². The number of hydrogen-bond acceptors (Lipinski definition) is 6. The molecule has 0 aliphatic rings. The van der Waals surface area contributed by atoms with Crippen molar-refractivity contribution in [3.63, 3.8) is 0 Å². The predicted molar refractivity (Wildman–Crippen MR) is 110 cm³/mol. The third-order valence-corrected chi connectivity index (χ3v) is 4.94. The Morgan fingerprint density at radius 2 is 2.04 bits per heavy atom. The van der Waals surface area contributed by atoms with Crippen molar-refractivity contribution >= 4 is 23.4 Å². The molecule has 0 aliphatic heterocycles. The summed E-state index contributed by atoms with van der Waals surface area (Å²) in [7, 11) is 0. The number of amides is 1. The lowest BCUT2D eigenvalue weighted by molar-refractivity contribution is -0.113. The molecule has 0 bridgehead atoms. The molecular formula is C20H24N4O3S. The van der Waals surface area contributed by atoms with Gasteiger partial charge in [-0.2, -0.15) is 0 Å². The normalized spacial score (nSPS) is 10.8. The van der Waals surface area contributed by atoms with Gasteiger partial charge in [0.05, 0.1) is 18.6 Å². The predicted octanol–water partition coefficient (Wildman–Crippen LogP) is 4.47. The van der Waals surface area contributed by atoms with Gasteiger partial charge in [-0.05, 0) is 49.7 Å². The zero-order chi connectivity index (χ0) is 19.8. The largest absolute Gasteiger partial charge is 0.494 e. The van der Waals surface area contributed by atoms with E-state index in [9.17, 15) is 4.79 Å². The number of hydrogen-bond donors (Lipinski definition) is 1. The molecule has 0 atom stereocenters. The average Bonchev–Trinajstić information content (AvgIpc) is 3.36. The van der Waals surface area contributed by atoms with Crippen LogP contribution in [0.3, 0.4) is 0 Å². The van der Waals surface area contributed by atoms with Gasteiger partial charge in [0.1, 0.15) is 5.75 Å². The lowest BCUT2D eigenvalue weighted by Gasteiger charge is -2.09. The summed E-state index contributed by atoms with van der Waals surface area (Å²) < 4.78 is 12.9. The first-order valence-electron chi connectivity index (χ1n) is 9.33. The topological polar surface area (TPSA) is 82.2 Å². The molecule has 3 aromatic rings. The van der Waals surface area contributed by atoms with Gasteiger partial charge < -0.3 is 14.5 Å². The molecule has 0 unspecified atom stereocenters. The Labute approximate surface area is 168 Å². The molecule has 0 aliphatic carbocycles. The Morgan fingerprint density at radius 3 is 2.71 bits per heavy atom. The summed E-state index contributed by atoms with van der Waals surface area (Å²) >= 11 is 1.37. The molecule has 148 valence electrons. The Kier molecular flexibility index (Phi) is 7.13. The fourth-order valence-electron chi connectivity index (χ4n) is 2.63. The van der Waals surface area contributed by atoms with Crippen LogP contribution in [0.4, 0.5) is 5.69 Å². The number of nitrogens with one attached hydrogen (secondary N) is 1. The van der Waals surface area contributed by atoms with Gasteiger partial charge in [0.15, 0.2) is 16.7 Å². The van der Waals surface area contributed by atoms with Crippen molar-refractivity contribution in [2.45, 2.75) is 38.4 Å². The molecule has 1 N–H and O–H groups in total. The molecule has 0 radical (unpaired) electrons. The van der Waals surface area contributed by atoms with Crippen molar-refractivity contribution in [3.8, 4) is 17.3 Å². The monoisotopic (exact) mass is 400 g/mol. The van der Waals surface area contributed by atoms with Crippen LogP contribution in [-0.2, 0) is 11.3 Å². The van der Waals surface area contributed by atoms with Crippen LogP contribution in [0.2, 0.25) is 0 Å². The van der Waals surface area contributed by atoms with Gasteiger partial charge in [0, 0.05) is 12.2 Å². The van der Waals surface area contributed by atoms with Gasteiger partial charge in [-0.15, -0.1) is 10.2 Å². The first-order valence-corrected chi connectivity index (χ1v) is 10.3. The summed E-state index contributed by atoms with van der Waals surface area (Å²) in [5.41, 5.74) is 0.734. The molecule has 7 nitrogen and oxygen atoms in total. The quantitative estimate of drug-likeness (QED) is 0.506. The van der Waals surface area contributed by atoms with E-state index in [0.717, 1.165) is 30.8 Å². The van der Waals surface area contributed by atoms with Gasteiger partial charge in [-0.3, -0.25) is 9.36 Å². The molecular weight excluding hydrogens is 376 g/mol. The summed E-state index contributed by atoms with van der Waals surface area (Å²) in [5.74, 6) is 2.29. The van der Waals surface area contributed by atoms with Crippen molar-refractivity contribution in [2.75, 3.05) is 17.7 Å². The Hall–Kier alpha value is -2.74. The third kappa shape index (κ3) is 5.16. The van der Waals surface area contributed by atoms with Crippen molar-refractivity contribution in [1.82, 2.24) is 14.8 Å². The minimum atomic E-state index is -0.0984. The number of thioether (sulfide) groups is 1. The number of ether oxygens (including phenoxy) is 1. The highest BCUT2D eigenvalue weighted by molar-refractivity contribution is 7.99. The zero-order valence-electron chi connectivity index (χ0n) is 16.1. The van der Waals surface area contributed by atoms with Crippen LogP contribution in [0, 0.1) is 0 Å². The van der Waals surface area contributed by atoms with Gasteiger partial charge >= 0.3 is 0 Å². The van der Waals surface area contributed by atoms with Crippen LogP contribution in [0.1, 0.15) is 26.7 Å². The number of unbranched alkanes of at least 4 members (excludes halogenated alkanes) is 1. The fraction of sp³-hybridized carbons (Fsp3) is 0.350. The summed E-state index contributed by atoms with van der Waals surface area (Å²) in [5, 5.41) is 12.1. The molecule has 28 heavy (non-hydrogen) atoms. The molecule has 2 aromatic heterocycles. The zero-order valence-corrected chi connectivity index (χ0v) is 16.9. The molecule has 8 heteroatoms. The molecule has 0 saturated carbocycles. The summed E-state index contributed by atoms with van der Waals surface area (Å²) in [4.78, 5) is 12.3. The lowest BCUT2D eigenvalue weighted by Crippen LogP contribution is -2.14. The van der Waals surface area contributed by atoms with Gasteiger partial charge in [0.2, 0.25) is 5.91 Å². The minimum absolute atomic E-state index is 0.0984. The van der Waals surface area contributed by atoms with E-state index >= 15 is 0 Å². The number of anilines is 1. The van der Waals surface area contributed by atoms with E-state index in [1.54, 1.807) is 6.26 Å². The van der Waals surface area contributed by atoms with Crippen LogP contribution in [-0.4, -0.2) is 33.0 Å². The van der Waals surface area contributed by atoms with Crippen molar-refractivity contribution < 1.29 is 13.9 Å². The van der Waals surface area contributed by atoms with E-state index < -0.39 is 0 Å². The highest BCUT2D eigenvalue weighted by Crippen LogP contribution is 2.25. The Balaban J connectivity index is 1.62. The maximum atomic E-state index is 12.3. The van der Waals surface area contributed by atoms with Crippen LogP contribution < -0.4 is 10.1 Å². The fourth-order valence-corrected chi connectivity index (χ4v) is 3.39. The number of carbonyl (C=O) groups is 1. The van der Waals surface area contributed by atoms with Gasteiger partial charge in [-0.1, -0.05) is 25.1 Å². The highest BCUT2D eigenvalue weighted by atomic mass is 32.2. The first-order chi connectivity index (χ1) is 13.7. The van der Waals surface area contributed by atoms with Gasteiger partial charge in [-0.25, -0.2) is 0 Å². The second kappa shape index (κ2) is 9.98. The average molecular weight is 401 g/mol. The smallest absolute Gasteiger partial charge is 0.234 e. The SMILES string of the molecule is CCCCn1c(SCC(=O)Nc2ccc(OCC)cc2)nnc1-c1ccco1. The van der Waals surface area contributed by atoms with E-state index in [0.29, 0.717) is 23.3 Å². The molecule has 1 aromatic carbocycles. The lowest BCUT2D eigenvalue weighted by atomic mass is 10.3. The summed E-state index contributed by atoms with van der Waals surface area (Å²) in [6.07, 6.45) is 3.67. The standard InChI is InChI=1S/C20H24N4O3S/c1-3-5-12-24-19(17-7-6-13-27-17)22-23-20(24)28-14-18(25)21-15-8-10-16(11-9-15)26-4-2/h6-11,13H,3-5,12,14H2,1-2H3,(H,21,25). The second-order valence-electron chi connectivity index (χ2n) is 6.08. The van der Waals surface area contributed by atoms with Crippen LogP contribution in [0.15, 0.2) is 52.2 Å². The van der Waals surface area contributed by atoms with Crippen molar-refractivity contribution in [2.24, 2.45) is 0 Å². The Bertz CT molecular complexity index is 876. The molecule has 0 spiro atoms. The maximum absolute atomic E-state index is 12.3. The number of nitrogens with zero attached hydrogens (tertiary/aromatic N) is 3. The Morgan fingerprint density at radius 1 is 1.21 bits per heavy atom. The van der Waals surface area contributed by atoms with Crippen LogP contribution in [0.5, 0.6) is 5.75 Å². The number of rotatable bonds is 10. The van der Waals surface area contributed by atoms with Gasteiger partial charge in [0.25, 0.3) is 0 Å². The van der Waals surface area contributed by atoms with E-state index in [4.69, 9.17) is 9.15 Å². The number of benzene rings is 1. The van der Waals surface area contributed by atoms with E-state index in [2.05, 4.69) is 22.4 Å². The van der Waals surface area contributed by atoms with E-state index in [1.165, 1.54) is 11.8 Å². The molecule has 0 saturated heterocycles. The minimum Gasteiger partial charge on any atom is -0.494 e. The van der Waals surface area contributed by atoms with Crippen molar-refractivity contribution in [1.29, 1.82) is 0 Å². The summed E-state index contributed by atoms with van der Waals surface area (Å²) in [6.45, 7) is 5.46. The van der Waals surface area contributed by atoms with Crippen molar-refractivity contribution in [3.05, 3.63) is 42.7 Å². The third-order valence-electron chi connectivity index (χ3n) is 3.98. The number of carbonyl (C=O) groups excluding carboxylic acids is 1.